The summed E-state index contributed by atoms with van der Waals surface area (Å²) in [5, 5.41) is 27.4. The first-order valence-electron chi connectivity index (χ1n) is 4.23. The Hall–Kier alpha value is -2.16. The maximum Gasteiger partial charge on any atom is 0.366 e. The van der Waals surface area contributed by atoms with Crippen LogP contribution in [0.5, 0.6) is 0 Å². The first-order valence-corrected chi connectivity index (χ1v) is 4.23. The number of anilines is 1. The lowest BCUT2D eigenvalue weighted by molar-refractivity contribution is -0.388. The van der Waals surface area contributed by atoms with Crippen molar-refractivity contribution in [2.45, 2.75) is 6.04 Å². The van der Waals surface area contributed by atoms with Gasteiger partial charge in [0.25, 0.3) is 0 Å². The van der Waals surface area contributed by atoms with Gasteiger partial charge >= 0.3 is 11.8 Å². The van der Waals surface area contributed by atoms with Gasteiger partial charge in [-0.15, -0.1) is 5.10 Å². The zero-order chi connectivity index (χ0) is 12.1. The summed E-state index contributed by atoms with van der Waals surface area (Å²) in [6.45, 7) is -0.547. The molecule has 1 atom stereocenters. The molecule has 0 aliphatic carbocycles. The summed E-state index contributed by atoms with van der Waals surface area (Å²) >= 11 is 0. The second-order valence-electron chi connectivity index (χ2n) is 2.79. The summed E-state index contributed by atoms with van der Waals surface area (Å²) in [6, 6.07) is -1.07. The molecule has 0 spiro atoms. The standard InChI is InChI=1S/C7H10N4O5/c1-16-7(13)5(3-12)9-4-2-8-10-6(4)11(14)15/h2,5,9,12H,3H2,1H3,(H,8,10). The minimum absolute atomic E-state index is 0.00875. The van der Waals surface area contributed by atoms with E-state index in [4.69, 9.17) is 5.11 Å². The van der Waals surface area contributed by atoms with E-state index < -0.39 is 23.5 Å². The number of hydrogen-bond acceptors (Lipinski definition) is 7. The molecule has 1 unspecified atom stereocenters. The number of rotatable bonds is 5. The molecule has 9 nitrogen and oxygen atoms in total. The number of aliphatic hydroxyl groups is 1. The van der Waals surface area contributed by atoms with E-state index in [1.165, 1.54) is 0 Å². The maximum atomic E-state index is 11.1. The van der Waals surface area contributed by atoms with Gasteiger partial charge in [-0.2, -0.15) is 0 Å². The molecule has 1 aromatic rings. The molecule has 0 saturated carbocycles. The van der Waals surface area contributed by atoms with Crippen LogP contribution < -0.4 is 5.32 Å². The first kappa shape index (κ1) is 11.9. The Balaban J connectivity index is 2.82. The van der Waals surface area contributed by atoms with Gasteiger partial charge < -0.3 is 25.3 Å². The fourth-order valence-electron chi connectivity index (χ4n) is 1.03. The number of methoxy groups -OCH3 is 1. The van der Waals surface area contributed by atoms with E-state index in [1.807, 2.05) is 0 Å². The third kappa shape index (κ3) is 2.45. The van der Waals surface area contributed by atoms with Gasteiger partial charge in [0.05, 0.1) is 13.7 Å². The lowest BCUT2D eigenvalue weighted by atomic mass is 10.3. The Labute approximate surface area is 89.6 Å². The van der Waals surface area contributed by atoms with Crippen molar-refractivity contribution in [3.05, 3.63) is 16.3 Å². The van der Waals surface area contributed by atoms with Crippen LogP contribution in [-0.2, 0) is 9.53 Å². The van der Waals surface area contributed by atoms with Gasteiger partial charge in [0.2, 0.25) is 0 Å². The number of nitrogens with one attached hydrogen (secondary N) is 2. The van der Waals surface area contributed by atoms with Crippen molar-refractivity contribution in [3.8, 4) is 0 Å². The van der Waals surface area contributed by atoms with Crippen molar-refractivity contribution in [1.82, 2.24) is 10.2 Å². The quantitative estimate of drug-likeness (QED) is 0.345. The van der Waals surface area contributed by atoms with Crippen molar-refractivity contribution >= 4 is 17.5 Å². The number of carbonyl (C=O) groups excluding carboxylic acids is 1. The molecule has 0 saturated heterocycles. The topological polar surface area (TPSA) is 130 Å². The second kappa shape index (κ2) is 5.07. The average Bonchev–Trinajstić information content (AvgIpc) is 2.72. The van der Waals surface area contributed by atoms with Crippen molar-refractivity contribution in [3.63, 3.8) is 0 Å². The van der Waals surface area contributed by atoms with Gasteiger partial charge in [0.1, 0.15) is 12.2 Å². The highest BCUT2D eigenvalue weighted by Crippen LogP contribution is 2.20. The minimum Gasteiger partial charge on any atom is -0.467 e. The van der Waals surface area contributed by atoms with Crippen LogP contribution in [0.1, 0.15) is 0 Å². The van der Waals surface area contributed by atoms with Gasteiger partial charge in [-0.1, -0.05) is 5.10 Å². The monoisotopic (exact) mass is 230 g/mol. The highest BCUT2D eigenvalue weighted by atomic mass is 16.6. The molecule has 0 aliphatic rings. The summed E-state index contributed by atoms with van der Waals surface area (Å²) < 4.78 is 4.39. The molecule has 0 radical (unpaired) electrons. The van der Waals surface area contributed by atoms with E-state index in [0.717, 1.165) is 13.3 Å². The third-order valence-electron chi connectivity index (χ3n) is 1.80. The van der Waals surface area contributed by atoms with E-state index in [2.05, 4.69) is 20.3 Å². The van der Waals surface area contributed by atoms with Crippen molar-refractivity contribution in [2.75, 3.05) is 19.0 Å². The number of H-pyrrole nitrogens is 1. The molecule has 0 aliphatic heterocycles. The van der Waals surface area contributed by atoms with Crippen LogP contribution in [0.4, 0.5) is 11.5 Å². The number of ether oxygens (including phenoxy) is 1. The molecule has 1 aromatic heterocycles. The minimum atomic E-state index is -1.07. The van der Waals surface area contributed by atoms with Crippen molar-refractivity contribution in [1.29, 1.82) is 0 Å². The number of aliphatic hydroxyl groups excluding tert-OH is 1. The Bertz CT molecular complexity index is 390. The average molecular weight is 230 g/mol. The number of aromatic amines is 1. The molecular weight excluding hydrogens is 220 g/mol. The largest absolute Gasteiger partial charge is 0.467 e. The zero-order valence-electron chi connectivity index (χ0n) is 8.34. The Kier molecular flexibility index (Phi) is 3.78. The normalized spacial score (nSPS) is 11.9. The van der Waals surface area contributed by atoms with Crippen LogP contribution in [0.25, 0.3) is 0 Å². The fourth-order valence-corrected chi connectivity index (χ4v) is 1.03. The molecule has 1 rings (SSSR count). The van der Waals surface area contributed by atoms with Crippen LogP contribution in [0.2, 0.25) is 0 Å². The molecule has 16 heavy (non-hydrogen) atoms. The van der Waals surface area contributed by atoms with Crippen LogP contribution >= 0.6 is 0 Å². The Morgan fingerprint density at radius 3 is 3.06 bits per heavy atom. The first-order chi connectivity index (χ1) is 7.60. The van der Waals surface area contributed by atoms with Gasteiger partial charge in [-0.05, 0) is 4.92 Å². The van der Waals surface area contributed by atoms with Crippen LogP contribution in [-0.4, -0.2) is 46.0 Å². The lowest BCUT2D eigenvalue weighted by Crippen LogP contribution is -2.34. The predicted octanol–water partition coefficient (Wildman–Crippen LogP) is -0.736. The predicted molar refractivity (Wildman–Crippen MR) is 51.8 cm³/mol. The number of nitro groups is 1. The molecular formula is C7H10N4O5. The van der Waals surface area contributed by atoms with Crippen molar-refractivity contribution < 1.29 is 19.6 Å². The number of aromatic nitrogens is 2. The summed E-state index contributed by atoms with van der Waals surface area (Å²) in [7, 11) is 1.15. The highest BCUT2D eigenvalue weighted by molar-refractivity contribution is 5.80. The highest BCUT2D eigenvalue weighted by Gasteiger charge is 2.23. The van der Waals surface area contributed by atoms with Gasteiger partial charge in [0, 0.05) is 0 Å². The number of nitrogens with zero attached hydrogens (tertiary/aromatic N) is 2. The summed E-state index contributed by atoms with van der Waals surface area (Å²) in [5.41, 5.74) is 0.00875. The summed E-state index contributed by atoms with van der Waals surface area (Å²) in [4.78, 5) is 20.9. The van der Waals surface area contributed by atoms with E-state index >= 15 is 0 Å². The fraction of sp³-hybridized carbons (Fsp3) is 0.429. The Morgan fingerprint density at radius 1 is 1.88 bits per heavy atom. The van der Waals surface area contributed by atoms with Gasteiger partial charge in [-0.25, -0.2) is 4.79 Å². The molecule has 0 fully saturated rings. The van der Waals surface area contributed by atoms with E-state index in [9.17, 15) is 14.9 Å². The van der Waals surface area contributed by atoms with E-state index in [1.54, 1.807) is 0 Å². The summed E-state index contributed by atoms with van der Waals surface area (Å²) in [6.07, 6.45) is 1.14. The molecule has 0 amide bonds. The molecule has 9 heteroatoms. The lowest BCUT2D eigenvalue weighted by Gasteiger charge is -2.12. The number of hydrogen-bond donors (Lipinski definition) is 3. The molecule has 0 bridgehead atoms. The number of carbonyl (C=O) groups is 1. The van der Waals surface area contributed by atoms with Crippen LogP contribution in [0.15, 0.2) is 6.20 Å². The third-order valence-corrected chi connectivity index (χ3v) is 1.80. The second-order valence-corrected chi connectivity index (χ2v) is 2.79. The molecule has 3 N–H and O–H groups in total. The van der Waals surface area contributed by atoms with Crippen molar-refractivity contribution in [2.24, 2.45) is 0 Å². The zero-order valence-corrected chi connectivity index (χ0v) is 8.34. The molecule has 88 valence electrons. The van der Waals surface area contributed by atoms with E-state index in [-0.39, 0.29) is 11.5 Å². The Morgan fingerprint density at radius 2 is 2.56 bits per heavy atom. The number of esters is 1. The summed E-state index contributed by atoms with van der Waals surface area (Å²) in [5.74, 6) is -1.11. The van der Waals surface area contributed by atoms with Crippen LogP contribution in [0, 0.1) is 10.1 Å². The maximum absolute atomic E-state index is 11.1. The van der Waals surface area contributed by atoms with Gasteiger partial charge in [0.15, 0.2) is 5.69 Å². The van der Waals surface area contributed by atoms with Crippen LogP contribution in [0.3, 0.4) is 0 Å². The van der Waals surface area contributed by atoms with Gasteiger partial charge in [-0.3, -0.25) is 0 Å². The smallest absolute Gasteiger partial charge is 0.366 e. The van der Waals surface area contributed by atoms with E-state index in [0.29, 0.717) is 0 Å². The molecule has 0 aromatic carbocycles. The molecule has 1 heterocycles. The SMILES string of the molecule is COC(=O)C(CO)Nc1cn[nH]c1[N+](=O)[O-].